The third kappa shape index (κ3) is 1.18. The summed E-state index contributed by atoms with van der Waals surface area (Å²) in [5.41, 5.74) is 2.46. The molecule has 1 aliphatic rings. The molecule has 0 bridgehead atoms. The molecule has 3 nitrogen and oxygen atoms in total. The molecule has 0 unspecified atom stereocenters. The van der Waals surface area contributed by atoms with Crippen molar-refractivity contribution in [1.29, 1.82) is 0 Å². The van der Waals surface area contributed by atoms with Gasteiger partial charge in [-0.25, -0.2) is 0 Å². The van der Waals surface area contributed by atoms with Gasteiger partial charge in [-0.3, -0.25) is 4.57 Å². The SMILES string of the molecule is Oc1c2c(c(O)n1-c1cccc(Br)c1)C2. The van der Waals surface area contributed by atoms with Crippen molar-refractivity contribution in [2.75, 3.05) is 0 Å². The molecule has 0 spiro atoms. The van der Waals surface area contributed by atoms with Crippen molar-refractivity contribution >= 4 is 15.9 Å². The summed E-state index contributed by atoms with van der Waals surface area (Å²) in [6.07, 6.45) is 0.710. The molecule has 1 aliphatic carbocycles. The fourth-order valence-electron chi connectivity index (χ4n) is 1.79. The Morgan fingerprint density at radius 1 is 1.13 bits per heavy atom. The summed E-state index contributed by atoms with van der Waals surface area (Å²) in [7, 11) is 0. The molecular formula is C11H8BrNO2. The third-order valence-corrected chi connectivity index (χ3v) is 3.12. The zero-order chi connectivity index (χ0) is 10.6. The Balaban J connectivity index is 2.22. The molecule has 1 aromatic carbocycles. The van der Waals surface area contributed by atoms with Crippen LogP contribution in [0.4, 0.5) is 0 Å². The van der Waals surface area contributed by atoms with Crippen LogP contribution >= 0.6 is 15.9 Å². The van der Waals surface area contributed by atoms with Gasteiger partial charge in [0.05, 0.1) is 5.69 Å². The minimum Gasteiger partial charge on any atom is -0.494 e. The van der Waals surface area contributed by atoms with Gasteiger partial charge in [-0.15, -0.1) is 0 Å². The van der Waals surface area contributed by atoms with E-state index < -0.39 is 0 Å². The summed E-state index contributed by atoms with van der Waals surface area (Å²) in [5.74, 6) is 0.307. The molecule has 1 aromatic heterocycles. The topological polar surface area (TPSA) is 45.4 Å². The Labute approximate surface area is 94.7 Å². The maximum absolute atomic E-state index is 9.80. The molecule has 0 atom stereocenters. The summed E-state index contributed by atoms with van der Waals surface area (Å²) in [4.78, 5) is 0. The van der Waals surface area contributed by atoms with E-state index in [1.807, 2.05) is 24.3 Å². The second-order valence-corrected chi connectivity index (χ2v) is 4.51. The first-order valence-corrected chi connectivity index (χ1v) is 5.38. The quantitative estimate of drug-likeness (QED) is 0.711. The maximum Gasteiger partial charge on any atom is 0.202 e. The second kappa shape index (κ2) is 2.79. The number of nitrogens with zero attached hydrogens (tertiary/aromatic N) is 1. The molecule has 3 rings (SSSR count). The Bertz CT molecular complexity index is 534. The van der Waals surface area contributed by atoms with Gasteiger partial charge < -0.3 is 10.2 Å². The molecule has 2 N–H and O–H groups in total. The highest BCUT2D eigenvalue weighted by atomic mass is 79.9. The molecule has 4 heteroatoms. The van der Waals surface area contributed by atoms with Crippen molar-refractivity contribution in [2.24, 2.45) is 0 Å². The number of rotatable bonds is 1. The van der Waals surface area contributed by atoms with Crippen LogP contribution in [-0.2, 0) is 6.42 Å². The highest BCUT2D eigenvalue weighted by Crippen LogP contribution is 2.47. The normalized spacial score (nSPS) is 12.6. The van der Waals surface area contributed by atoms with Crippen molar-refractivity contribution in [1.82, 2.24) is 4.57 Å². The minimum atomic E-state index is 0.153. The molecule has 15 heavy (non-hydrogen) atoms. The van der Waals surface area contributed by atoms with Gasteiger partial charge in [0.15, 0.2) is 0 Å². The van der Waals surface area contributed by atoms with Gasteiger partial charge in [-0.1, -0.05) is 22.0 Å². The van der Waals surface area contributed by atoms with E-state index in [0.29, 0.717) is 6.42 Å². The largest absolute Gasteiger partial charge is 0.494 e. The lowest BCUT2D eigenvalue weighted by Gasteiger charge is -2.08. The van der Waals surface area contributed by atoms with Crippen molar-refractivity contribution in [3.05, 3.63) is 39.9 Å². The number of halogens is 1. The fraction of sp³-hybridized carbons (Fsp3) is 0.0909. The molecule has 0 amide bonds. The van der Waals surface area contributed by atoms with Crippen LogP contribution in [0.5, 0.6) is 11.8 Å². The Kier molecular flexibility index (Phi) is 1.65. The highest BCUT2D eigenvalue weighted by Gasteiger charge is 2.33. The minimum absolute atomic E-state index is 0.153. The third-order valence-electron chi connectivity index (χ3n) is 2.62. The van der Waals surface area contributed by atoms with Crippen LogP contribution in [0.15, 0.2) is 28.7 Å². The standard InChI is InChI=1S/C11H8BrNO2/c12-6-2-1-3-7(4-6)13-10(14)8-5-9(8)11(13)15/h1-4,14-15H,5H2. The van der Waals surface area contributed by atoms with Crippen LogP contribution in [0.25, 0.3) is 5.69 Å². The smallest absolute Gasteiger partial charge is 0.202 e. The first-order chi connectivity index (χ1) is 7.18. The summed E-state index contributed by atoms with van der Waals surface area (Å²) >= 11 is 3.35. The fourth-order valence-corrected chi connectivity index (χ4v) is 2.18. The predicted octanol–water partition coefficient (Wildman–Crippen LogP) is 2.56. The summed E-state index contributed by atoms with van der Waals surface area (Å²) < 4.78 is 2.37. The van der Waals surface area contributed by atoms with E-state index in [9.17, 15) is 10.2 Å². The predicted molar refractivity (Wildman–Crippen MR) is 59.6 cm³/mol. The van der Waals surface area contributed by atoms with Crippen LogP contribution < -0.4 is 0 Å². The molecular weight excluding hydrogens is 258 g/mol. The van der Waals surface area contributed by atoms with E-state index in [2.05, 4.69) is 15.9 Å². The van der Waals surface area contributed by atoms with Crippen molar-refractivity contribution in [3.8, 4) is 17.4 Å². The van der Waals surface area contributed by atoms with E-state index in [0.717, 1.165) is 21.3 Å². The van der Waals surface area contributed by atoms with E-state index in [1.165, 1.54) is 4.57 Å². The van der Waals surface area contributed by atoms with Gasteiger partial charge in [-0.05, 0) is 18.2 Å². The second-order valence-electron chi connectivity index (χ2n) is 3.60. The number of hydrogen-bond donors (Lipinski definition) is 2. The highest BCUT2D eigenvalue weighted by molar-refractivity contribution is 9.10. The molecule has 0 saturated heterocycles. The van der Waals surface area contributed by atoms with Gasteiger partial charge in [0, 0.05) is 22.0 Å². The lowest BCUT2D eigenvalue weighted by Crippen LogP contribution is -1.94. The maximum atomic E-state index is 9.80. The number of benzene rings is 1. The van der Waals surface area contributed by atoms with Gasteiger partial charge >= 0.3 is 0 Å². The van der Waals surface area contributed by atoms with Crippen LogP contribution in [0.3, 0.4) is 0 Å². The van der Waals surface area contributed by atoms with Gasteiger partial charge in [0.25, 0.3) is 0 Å². The summed E-state index contributed by atoms with van der Waals surface area (Å²) in [5, 5.41) is 19.6. The molecule has 0 fully saturated rings. The van der Waals surface area contributed by atoms with E-state index in [1.54, 1.807) is 0 Å². The van der Waals surface area contributed by atoms with Gasteiger partial charge in [0.2, 0.25) is 11.8 Å². The average Bonchev–Trinajstić information content (AvgIpc) is 2.92. The Morgan fingerprint density at radius 3 is 2.40 bits per heavy atom. The average molecular weight is 266 g/mol. The lowest BCUT2D eigenvalue weighted by atomic mass is 10.3. The first-order valence-electron chi connectivity index (χ1n) is 4.59. The zero-order valence-electron chi connectivity index (χ0n) is 7.74. The van der Waals surface area contributed by atoms with E-state index in [4.69, 9.17) is 0 Å². The molecule has 0 saturated carbocycles. The van der Waals surface area contributed by atoms with Crippen LogP contribution in [-0.4, -0.2) is 14.8 Å². The number of hydrogen-bond acceptors (Lipinski definition) is 2. The number of aromatic nitrogens is 1. The monoisotopic (exact) mass is 265 g/mol. The van der Waals surface area contributed by atoms with Gasteiger partial charge in [0.1, 0.15) is 0 Å². The van der Waals surface area contributed by atoms with Crippen molar-refractivity contribution in [3.63, 3.8) is 0 Å². The first kappa shape index (κ1) is 8.85. The molecule has 0 aliphatic heterocycles. The van der Waals surface area contributed by atoms with Crippen LogP contribution in [0, 0.1) is 0 Å². The summed E-state index contributed by atoms with van der Waals surface area (Å²) in [6, 6.07) is 7.44. The van der Waals surface area contributed by atoms with Crippen molar-refractivity contribution in [2.45, 2.75) is 6.42 Å². The molecule has 0 radical (unpaired) electrons. The number of aromatic hydroxyl groups is 2. The zero-order valence-corrected chi connectivity index (χ0v) is 9.32. The van der Waals surface area contributed by atoms with Crippen LogP contribution in [0.1, 0.15) is 11.1 Å². The van der Waals surface area contributed by atoms with E-state index in [-0.39, 0.29) is 11.8 Å². The molecule has 1 heterocycles. The Morgan fingerprint density at radius 2 is 1.80 bits per heavy atom. The molecule has 76 valence electrons. The number of fused-ring (bicyclic) bond motifs is 1. The van der Waals surface area contributed by atoms with E-state index >= 15 is 0 Å². The van der Waals surface area contributed by atoms with Crippen molar-refractivity contribution < 1.29 is 10.2 Å². The lowest BCUT2D eigenvalue weighted by molar-refractivity contribution is 0.396. The Hall–Kier alpha value is -1.42. The van der Waals surface area contributed by atoms with Crippen LogP contribution in [0.2, 0.25) is 0 Å². The van der Waals surface area contributed by atoms with Gasteiger partial charge in [-0.2, -0.15) is 0 Å². The molecule has 2 aromatic rings. The summed E-state index contributed by atoms with van der Waals surface area (Å²) in [6.45, 7) is 0.